The highest BCUT2D eigenvalue weighted by molar-refractivity contribution is 9.12. The lowest BCUT2D eigenvalue weighted by Crippen LogP contribution is -2.16. The first-order chi connectivity index (χ1) is 7.65. The van der Waals surface area contributed by atoms with Gasteiger partial charge in [-0.15, -0.1) is 0 Å². The molecule has 1 aliphatic rings. The smallest absolute Gasteiger partial charge is 0.204 e. The fourth-order valence-electron chi connectivity index (χ4n) is 1.62. The van der Waals surface area contributed by atoms with Crippen molar-refractivity contribution in [3.8, 4) is 5.75 Å². The number of benzene rings is 1. The third-order valence-electron chi connectivity index (χ3n) is 2.29. The van der Waals surface area contributed by atoms with Gasteiger partial charge in [0.1, 0.15) is 5.75 Å². The predicted octanol–water partition coefficient (Wildman–Crippen LogP) is 2.74. The van der Waals surface area contributed by atoms with Gasteiger partial charge in [0.15, 0.2) is 5.78 Å². The zero-order chi connectivity index (χ0) is 11.7. The van der Waals surface area contributed by atoms with Crippen LogP contribution in [0.2, 0.25) is 0 Å². The monoisotopic (exact) mass is 280 g/mol. The molecule has 0 saturated heterocycles. The molecular weight excluding hydrogens is 272 g/mol. The Morgan fingerprint density at radius 2 is 2.06 bits per heavy atom. The van der Waals surface area contributed by atoms with E-state index < -0.39 is 0 Å². The van der Waals surface area contributed by atoms with Crippen LogP contribution in [-0.4, -0.2) is 18.2 Å². The van der Waals surface area contributed by atoms with Crippen molar-refractivity contribution in [2.24, 2.45) is 0 Å². The maximum Gasteiger partial charge on any atom is 0.204 e. The largest absolute Gasteiger partial charge is 0.493 e. The van der Waals surface area contributed by atoms with Crippen molar-refractivity contribution in [3.05, 3.63) is 39.9 Å². The van der Waals surface area contributed by atoms with E-state index in [1.165, 1.54) is 6.08 Å². The van der Waals surface area contributed by atoms with Gasteiger partial charge in [-0.1, -0.05) is 12.1 Å². The number of rotatable bonds is 2. The number of ketones is 2. The Bertz CT molecular complexity index is 503. The average Bonchev–Trinajstić information content (AvgIpc) is 2.26. The van der Waals surface area contributed by atoms with Crippen molar-refractivity contribution < 1.29 is 14.3 Å². The van der Waals surface area contributed by atoms with Gasteiger partial charge in [-0.05, 0) is 28.9 Å². The summed E-state index contributed by atoms with van der Waals surface area (Å²) in [6, 6.07) is 5.04. The summed E-state index contributed by atoms with van der Waals surface area (Å²) in [7, 11) is 0. The lowest BCUT2D eigenvalue weighted by Gasteiger charge is -2.15. The molecule has 1 aromatic carbocycles. The Morgan fingerprint density at radius 1 is 1.31 bits per heavy atom. The van der Waals surface area contributed by atoms with E-state index in [2.05, 4.69) is 15.9 Å². The zero-order valence-electron chi connectivity index (χ0n) is 8.62. The number of carbonyl (C=O) groups is 2. The molecule has 0 amide bonds. The minimum absolute atomic E-state index is 0.178. The van der Waals surface area contributed by atoms with E-state index in [0.29, 0.717) is 23.5 Å². The summed E-state index contributed by atoms with van der Waals surface area (Å²) in [5, 5.41) is 0. The van der Waals surface area contributed by atoms with Crippen molar-refractivity contribution >= 4 is 27.5 Å². The normalized spacial score (nSPS) is 14.5. The van der Waals surface area contributed by atoms with Gasteiger partial charge >= 0.3 is 0 Å². The second-order valence-electron chi connectivity index (χ2n) is 3.30. The molecule has 3 nitrogen and oxygen atoms in total. The van der Waals surface area contributed by atoms with Gasteiger partial charge in [0.25, 0.3) is 0 Å². The van der Waals surface area contributed by atoms with E-state index in [0.717, 1.165) is 0 Å². The molecule has 0 aliphatic heterocycles. The molecule has 2 rings (SSSR count). The first-order valence-corrected chi connectivity index (χ1v) is 5.66. The second kappa shape index (κ2) is 4.22. The highest BCUT2D eigenvalue weighted by atomic mass is 79.9. The lowest BCUT2D eigenvalue weighted by molar-refractivity contribution is 0.0988. The molecule has 0 N–H and O–H groups in total. The fourth-order valence-corrected chi connectivity index (χ4v) is 2.03. The van der Waals surface area contributed by atoms with Gasteiger partial charge in [-0.3, -0.25) is 9.59 Å². The number of carbonyl (C=O) groups excluding carboxylic acids is 2. The standard InChI is InChI=1S/C12H9BrO3/c1-2-16-10-5-3-4-7-9(14)6-8(13)12(15)11(7)10/h3-6H,2H2,1H3. The summed E-state index contributed by atoms with van der Waals surface area (Å²) in [4.78, 5) is 23.6. The molecule has 4 heteroatoms. The Hall–Kier alpha value is -1.42. The van der Waals surface area contributed by atoms with Gasteiger partial charge in [0, 0.05) is 11.6 Å². The van der Waals surface area contributed by atoms with Crippen LogP contribution in [0, 0.1) is 0 Å². The minimum Gasteiger partial charge on any atom is -0.493 e. The molecule has 0 radical (unpaired) electrons. The number of Topliss-reactive ketones (excluding diaryl/α,β-unsaturated/α-hetero) is 1. The molecule has 16 heavy (non-hydrogen) atoms. The molecule has 0 unspecified atom stereocenters. The molecular formula is C12H9BrO3. The van der Waals surface area contributed by atoms with Gasteiger partial charge in [0.2, 0.25) is 5.78 Å². The third-order valence-corrected chi connectivity index (χ3v) is 2.88. The van der Waals surface area contributed by atoms with Crippen molar-refractivity contribution in [1.82, 2.24) is 0 Å². The van der Waals surface area contributed by atoms with Gasteiger partial charge in [-0.25, -0.2) is 0 Å². The zero-order valence-corrected chi connectivity index (χ0v) is 10.2. The van der Waals surface area contributed by atoms with Crippen LogP contribution in [0.5, 0.6) is 5.75 Å². The molecule has 0 fully saturated rings. The molecule has 82 valence electrons. The maximum atomic E-state index is 11.9. The number of ether oxygens (including phenoxy) is 1. The van der Waals surface area contributed by atoms with Crippen LogP contribution in [0.25, 0.3) is 0 Å². The van der Waals surface area contributed by atoms with Crippen molar-refractivity contribution in [2.75, 3.05) is 6.61 Å². The summed E-state index contributed by atoms with van der Waals surface area (Å²) in [5.41, 5.74) is 0.753. The molecule has 0 spiro atoms. The topological polar surface area (TPSA) is 43.4 Å². The number of allylic oxidation sites excluding steroid dienone is 2. The van der Waals surface area contributed by atoms with Gasteiger partial charge in [0.05, 0.1) is 16.7 Å². The van der Waals surface area contributed by atoms with Gasteiger partial charge in [-0.2, -0.15) is 0 Å². The predicted molar refractivity (Wildman–Crippen MR) is 63.3 cm³/mol. The van der Waals surface area contributed by atoms with Crippen molar-refractivity contribution in [1.29, 1.82) is 0 Å². The van der Waals surface area contributed by atoms with Gasteiger partial charge < -0.3 is 4.74 Å². The highest BCUT2D eigenvalue weighted by Crippen LogP contribution is 2.31. The lowest BCUT2D eigenvalue weighted by atomic mass is 9.94. The second-order valence-corrected chi connectivity index (χ2v) is 4.15. The van der Waals surface area contributed by atoms with Crippen LogP contribution in [0.15, 0.2) is 28.8 Å². The average molecular weight is 281 g/mol. The Kier molecular flexibility index (Phi) is 2.92. The number of fused-ring (bicyclic) bond motifs is 1. The molecule has 0 atom stereocenters. The SMILES string of the molecule is CCOc1cccc2c1C(=O)C(Br)=CC2=O. The van der Waals surface area contributed by atoms with Crippen molar-refractivity contribution in [3.63, 3.8) is 0 Å². The van der Waals surface area contributed by atoms with Crippen LogP contribution in [0.4, 0.5) is 0 Å². The van der Waals surface area contributed by atoms with Crippen molar-refractivity contribution in [2.45, 2.75) is 6.92 Å². The highest BCUT2D eigenvalue weighted by Gasteiger charge is 2.27. The number of halogens is 1. The van der Waals surface area contributed by atoms with Crippen LogP contribution < -0.4 is 4.74 Å². The summed E-state index contributed by atoms with van der Waals surface area (Å²) in [6.45, 7) is 2.29. The maximum absolute atomic E-state index is 11.9. The van der Waals surface area contributed by atoms with E-state index in [9.17, 15) is 9.59 Å². The Balaban J connectivity index is 2.63. The molecule has 0 aromatic heterocycles. The summed E-state index contributed by atoms with van der Waals surface area (Å²) in [5.74, 6) is 0.0741. The molecule has 0 saturated carbocycles. The molecule has 0 heterocycles. The quantitative estimate of drug-likeness (QED) is 0.837. The van der Waals surface area contributed by atoms with E-state index in [1.807, 2.05) is 6.92 Å². The van der Waals surface area contributed by atoms with Crippen LogP contribution in [-0.2, 0) is 0 Å². The van der Waals surface area contributed by atoms with E-state index in [-0.39, 0.29) is 16.0 Å². The van der Waals surface area contributed by atoms with E-state index in [1.54, 1.807) is 18.2 Å². The summed E-state index contributed by atoms with van der Waals surface area (Å²) in [6.07, 6.45) is 1.29. The van der Waals surface area contributed by atoms with E-state index in [4.69, 9.17) is 4.74 Å². The fraction of sp³-hybridized carbons (Fsp3) is 0.167. The van der Waals surface area contributed by atoms with Crippen LogP contribution in [0.3, 0.4) is 0 Å². The Labute approximate surface area is 101 Å². The first kappa shape index (κ1) is 11.1. The number of hydrogen-bond acceptors (Lipinski definition) is 3. The number of hydrogen-bond donors (Lipinski definition) is 0. The Morgan fingerprint density at radius 3 is 2.75 bits per heavy atom. The summed E-state index contributed by atoms with van der Waals surface area (Å²) >= 11 is 3.08. The van der Waals surface area contributed by atoms with Crippen LogP contribution in [0.1, 0.15) is 27.6 Å². The third kappa shape index (κ3) is 1.69. The summed E-state index contributed by atoms with van der Waals surface area (Å²) < 4.78 is 5.63. The molecule has 1 aliphatic carbocycles. The molecule has 0 bridgehead atoms. The minimum atomic E-state index is -0.210. The molecule has 1 aromatic rings. The first-order valence-electron chi connectivity index (χ1n) is 4.87. The van der Waals surface area contributed by atoms with Crippen LogP contribution >= 0.6 is 15.9 Å². The van der Waals surface area contributed by atoms with E-state index >= 15 is 0 Å².